The quantitative estimate of drug-likeness (QED) is 0.520. The normalized spacial score (nSPS) is 15.4. The second-order valence-corrected chi connectivity index (χ2v) is 7.50. The maximum Gasteiger partial charge on any atom is 0.220 e. The highest BCUT2D eigenvalue weighted by Crippen LogP contribution is 2.28. The molecular weight excluding hydrogens is 362 g/mol. The van der Waals surface area contributed by atoms with Gasteiger partial charge in [0.15, 0.2) is 11.7 Å². The van der Waals surface area contributed by atoms with Crippen LogP contribution >= 0.6 is 11.6 Å². The first-order valence-corrected chi connectivity index (χ1v) is 10.3. The largest absolute Gasteiger partial charge is 0.441 e. The molecule has 1 aliphatic carbocycles. The highest BCUT2D eigenvalue weighted by Gasteiger charge is 2.12. The molecule has 0 atom stereocenters. The monoisotopic (exact) mass is 389 g/mol. The van der Waals surface area contributed by atoms with Crippen molar-refractivity contribution in [1.82, 2.24) is 15.6 Å². The molecule has 2 aromatic rings. The molecule has 0 bridgehead atoms. The number of halogens is 1. The number of benzene rings is 1. The van der Waals surface area contributed by atoms with E-state index in [1.807, 2.05) is 24.3 Å². The van der Waals surface area contributed by atoms with Gasteiger partial charge in [-0.05, 0) is 25.0 Å². The number of hydrogen-bond acceptors (Lipinski definition) is 4. The first-order chi connectivity index (χ1) is 13.2. The van der Waals surface area contributed by atoms with Gasteiger partial charge in [-0.2, -0.15) is 0 Å². The molecule has 2 N–H and O–H groups in total. The van der Waals surface area contributed by atoms with Crippen molar-refractivity contribution in [3.8, 4) is 11.3 Å². The average Bonchev–Trinajstić information content (AvgIpc) is 2.99. The van der Waals surface area contributed by atoms with Crippen LogP contribution in [0.15, 0.2) is 34.9 Å². The number of oxazole rings is 1. The predicted molar refractivity (Wildman–Crippen MR) is 108 cm³/mol. The Kier molecular flexibility index (Phi) is 7.72. The summed E-state index contributed by atoms with van der Waals surface area (Å²) in [6.45, 7) is 1.48. The first-order valence-electron chi connectivity index (χ1n) is 9.92. The molecule has 1 aliphatic rings. The van der Waals surface area contributed by atoms with Gasteiger partial charge in [-0.1, -0.05) is 49.4 Å². The zero-order valence-electron chi connectivity index (χ0n) is 15.7. The Morgan fingerprint density at radius 1 is 1.15 bits per heavy atom. The lowest BCUT2D eigenvalue weighted by molar-refractivity contribution is -0.121. The van der Waals surface area contributed by atoms with E-state index in [4.69, 9.17) is 16.0 Å². The third-order valence-electron chi connectivity index (χ3n) is 4.99. The Balaban J connectivity index is 1.35. The second-order valence-electron chi connectivity index (χ2n) is 7.09. The van der Waals surface area contributed by atoms with Gasteiger partial charge in [0.1, 0.15) is 0 Å². The van der Waals surface area contributed by atoms with Crippen LogP contribution in [-0.4, -0.2) is 30.0 Å². The van der Waals surface area contributed by atoms with E-state index in [0.717, 1.165) is 12.1 Å². The van der Waals surface area contributed by atoms with Gasteiger partial charge in [-0.25, -0.2) is 4.98 Å². The third kappa shape index (κ3) is 6.36. The molecule has 0 saturated heterocycles. The van der Waals surface area contributed by atoms with Crippen LogP contribution in [0.25, 0.3) is 11.3 Å². The summed E-state index contributed by atoms with van der Waals surface area (Å²) in [6.07, 6.45) is 10.4. The molecule has 1 aromatic carbocycles. The van der Waals surface area contributed by atoms with Crippen LogP contribution in [-0.2, 0) is 11.2 Å². The van der Waals surface area contributed by atoms with Gasteiger partial charge in [0.2, 0.25) is 5.91 Å². The lowest BCUT2D eigenvalue weighted by Crippen LogP contribution is -2.36. The van der Waals surface area contributed by atoms with Crippen molar-refractivity contribution in [1.29, 1.82) is 0 Å². The SMILES string of the molecule is O=C(CCc1ncc(-c2ccccc2Cl)o1)NCCNC1CCCCCC1. The molecule has 0 aliphatic heterocycles. The summed E-state index contributed by atoms with van der Waals surface area (Å²) in [7, 11) is 0. The Morgan fingerprint density at radius 3 is 2.70 bits per heavy atom. The van der Waals surface area contributed by atoms with E-state index in [1.165, 1.54) is 38.5 Å². The summed E-state index contributed by atoms with van der Waals surface area (Å²) in [5, 5.41) is 7.15. The number of nitrogens with one attached hydrogen (secondary N) is 2. The van der Waals surface area contributed by atoms with Gasteiger partial charge < -0.3 is 15.1 Å². The topological polar surface area (TPSA) is 67.2 Å². The van der Waals surface area contributed by atoms with Crippen molar-refractivity contribution >= 4 is 17.5 Å². The van der Waals surface area contributed by atoms with E-state index in [0.29, 0.717) is 42.1 Å². The highest BCUT2D eigenvalue weighted by molar-refractivity contribution is 6.33. The molecule has 0 spiro atoms. The predicted octanol–water partition coefficient (Wildman–Crippen LogP) is 4.36. The van der Waals surface area contributed by atoms with E-state index in [9.17, 15) is 4.79 Å². The minimum absolute atomic E-state index is 0.0233. The standard InChI is InChI=1S/C21H28ClN3O2/c22-18-10-6-5-9-17(18)19-15-25-21(27-19)12-11-20(26)24-14-13-23-16-7-3-1-2-4-8-16/h5-6,9-10,15-16,23H,1-4,7-8,11-14H2,(H,24,26). The molecule has 0 unspecified atom stereocenters. The lowest BCUT2D eigenvalue weighted by atomic mass is 10.1. The molecule has 1 fully saturated rings. The minimum atomic E-state index is 0.0233. The van der Waals surface area contributed by atoms with Crippen LogP contribution < -0.4 is 10.6 Å². The van der Waals surface area contributed by atoms with Crippen LogP contribution in [0.4, 0.5) is 0 Å². The van der Waals surface area contributed by atoms with Crippen LogP contribution in [0, 0.1) is 0 Å². The first kappa shape index (κ1) is 19.9. The van der Waals surface area contributed by atoms with Gasteiger partial charge in [0.25, 0.3) is 0 Å². The van der Waals surface area contributed by atoms with Crippen molar-refractivity contribution in [2.24, 2.45) is 0 Å². The maximum absolute atomic E-state index is 12.0. The number of amides is 1. The molecular formula is C21H28ClN3O2. The molecule has 1 saturated carbocycles. The molecule has 27 heavy (non-hydrogen) atoms. The Bertz CT molecular complexity index is 724. The molecule has 146 valence electrons. The van der Waals surface area contributed by atoms with E-state index >= 15 is 0 Å². The molecule has 5 nitrogen and oxygen atoms in total. The van der Waals surface area contributed by atoms with Crippen molar-refractivity contribution < 1.29 is 9.21 Å². The number of aryl methyl sites for hydroxylation is 1. The van der Waals surface area contributed by atoms with E-state index in [-0.39, 0.29) is 5.91 Å². The van der Waals surface area contributed by atoms with Crippen molar-refractivity contribution in [2.45, 2.75) is 57.4 Å². The highest BCUT2D eigenvalue weighted by atomic mass is 35.5. The zero-order valence-corrected chi connectivity index (χ0v) is 16.4. The summed E-state index contributed by atoms with van der Waals surface area (Å²) in [5.41, 5.74) is 0.812. The number of carbonyl (C=O) groups excluding carboxylic acids is 1. The van der Waals surface area contributed by atoms with Crippen molar-refractivity contribution in [3.63, 3.8) is 0 Å². The van der Waals surface area contributed by atoms with Crippen LogP contribution in [0.3, 0.4) is 0 Å². The zero-order chi connectivity index (χ0) is 18.9. The number of aromatic nitrogens is 1. The van der Waals surface area contributed by atoms with Crippen LogP contribution in [0.1, 0.15) is 50.8 Å². The van der Waals surface area contributed by atoms with Crippen molar-refractivity contribution in [3.05, 3.63) is 41.4 Å². The Hall–Kier alpha value is -1.85. The lowest BCUT2D eigenvalue weighted by Gasteiger charge is -2.16. The smallest absolute Gasteiger partial charge is 0.220 e. The van der Waals surface area contributed by atoms with Gasteiger partial charge in [0.05, 0.1) is 11.2 Å². The van der Waals surface area contributed by atoms with Gasteiger partial charge >= 0.3 is 0 Å². The number of rotatable bonds is 8. The average molecular weight is 390 g/mol. The van der Waals surface area contributed by atoms with Crippen LogP contribution in [0.2, 0.25) is 5.02 Å². The fraction of sp³-hybridized carbons (Fsp3) is 0.524. The van der Waals surface area contributed by atoms with E-state index in [1.54, 1.807) is 6.20 Å². The number of carbonyl (C=O) groups is 1. The van der Waals surface area contributed by atoms with E-state index in [2.05, 4.69) is 15.6 Å². The summed E-state index contributed by atoms with van der Waals surface area (Å²) in [5.74, 6) is 1.20. The van der Waals surface area contributed by atoms with Gasteiger partial charge in [-0.15, -0.1) is 0 Å². The summed E-state index contributed by atoms with van der Waals surface area (Å²) >= 11 is 6.17. The fourth-order valence-electron chi connectivity index (χ4n) is 3.48. The summed E-state index contributed by atoms with van der Waals surface area (Å²) in [6, 6.07) is 8.09. The Labute approximate surface area is 165 Å². The minimum Gasteiger partial charge on any atom is -0.441 e. The maximum atomic E-state index is 12.0. The summed E-state index contributed by atoms with van der Waals surface area (Å²) in [4.78, 5) is 16.3. The van der Waals surface area contributed by atoms with E-state index < -0.39 is 0 Å². The van der Waals surface area contributed by atoms with Crippen LogP contribution in [0.5, 0.6) is 0 Å². The molecule has 0 radical (unpaired) electrons. The van der Waals surface area contributed by atoms with Gasteiger partial charge in [-0.3, -0.25) is 4.79 Å². The second kappa shape index (κ2) is 10.5. The Morgan fingerprint density at radius 2 is 1.93 bits per heavy atom. The molecule has 1 heterocycles. The molecule has 1 aromatic heterocycles. The molecule has 6 heteroatoms. The van der Waals surface area contributed by atoms with Gasteiger partial charge in [0, 0.05) is 37.5 Å². The third-order valence-corrected chi connectivity index (χ3v) is 5.32. The summed E-state index contributed by atoms with van der Waals surface area (Å²) < 4.78 is 5.73. The molecule has 3 rings (SSSR count). The molecule has 1 amide bonds. The fourth-order valence-corrected chi connectivity index (χ4v) is 3.71. The van der Waals surface area contributed by atoms with Crippen molar-refractivity contribution in [2.75, 3.05) is 13.1 Å². The number of nitrogens with zero attached hydrogens (tertiary/aromatic N) is 1. The number of hydrogen-bond donors (Lipinski definition) is 2.